The molecule has 14 heavy (non-hydrogen) atoms. The Morgan fingerprint density at radius 1 is 1.07 bits per heavy atom. The largest absolute Gasteiger partial charge is 0.433 e. The molecule has 0 aliphatic carbocycles. The highest BCUT2D eigenvalue weighted by molar-refractivity contribution is 7.81. The lowest BCUT2D eigenvalue weighted by molar-refractivity contribution is -0.392. The summed E-state index contributed by atoms with van der Waals surface area (Å²) in [6.07, 6.45) is -9.99. The predicted molar refractivity (Wildman–Crippen MR) is 35.0 cm³/mol. The smallest absolute Gasteiger partial charge is 0.240 e. The van der Waals surface area contributed by atoms with Crippen molar-refractivity contribution in [3.63, 3.8) is 0 Å². The van der Waals surface area contributed by atoms with Crippen molar-refractivity contribution in [3.05, 3.63) is 0 Å². The molecule has 0 unspecified atom stereocenters. The zero-order valence-corrected chi connectivity index (χ0v) is 8.09. The van der Waals surface area contributed by atoms with Crippen molar-refractivity contribution in [1.82, 2.24) is 0 Å². The van der Waals surface area contributed by atoms with E-state index in [9.17, 15) is 26.5 Å². The quantitative estimate of drug-likeness (QED) is 0.495. The van der Waals surface area contributed by atoms with Crippen LogP contribution in [0.15, 0.2) is 0 Å². The Hall–Kier alpha value is 0.0900. The molecule has 0 N–H and O–H groups in total. The van der Waals surface area contributed by atoms with Crippen LogP contribution >= 0.6 is 18.2 Å². The van der Waals surface area contributed by atoms with E-state index < -0.39 is 24.8 Å². The van der Waals surface area contributed by atoms with E-state index in [0.29, 0.717) is 0 Å². The summed E-state index contributed by atoms with van der Waals surface area (Å²) in [6.45, 7) is -5.33. The minimum Gasteiger partial charge on any atom is -0.240 e. The lowest BCUT2D eigenvalue weighted by Gasteiger charge is -2.40. The van der Waals surface area contributed by atoms with E-state index in [-0.39, 0.29) is 6.92 Å². The second-order valence-electron chi connectivity index (χ2n) is 2.65. The Bertz CT molecular complexity index is 281. The maximum absolute atomic E-state index is 12.8. The molecule has 3 nitrogen and oxygen atoms in total. The standard InChI is InChI=1S/C4H3ClF5O3P/c1-2(6)3(7,8)12-14(5,11)13-4(2,9)10/h1H3. The molecule has 84 valence electrons. The molecule has 1 aliphatic rings. The van der Waals surface area contributed by atoms with Gasteiger partial charge in [0, 0.05) is 11.2 Å². The topological polar surface area (TPSA) is 35.5 Å². The van der Waals surface area contributed by atoms with Crippen LogP contribution in [0.4, 0.5) is 22.0 Å². The van der Waals surface area contributed by atoms with Crippen LogP contribution in [0.2, 0.25) is 0 Å². The third-order valence-corrected chi connectivity index (χ3v) is 2.85. The molecule has 0 saturated carbocycles. The summed E-state index contributed by atoms with van der Waals surface area (Å²) >= 11 is 4.55. The molecule has 1 heterocycles. The molecule has 1 saturated heterocycles. The summed E-state index contributed by atoms with van der Waals surface area (Å²) in [5, 5.41) is 0. The average molecular weight is 260 g/mol. The molecule has 0 amide bonds. The Kier molecular flexibility index (Phi) is 2.44. The zero-order chi connectivity index (χ0) is 11.4. The lowest BCUT2D eigenvalue weighted by atomic mass is 10.1. The van der Waals surface area contributed by atoms with Crippen LogP contribution in [0.3, 0.4) is 0 Å². The van der Waals surface area contributed by atoms with Gasteiger partial charge in [0.1, 0.15) is 0 Å². The fourth-order valence-electron chi connectivity index (χ4n) is 0.633. The van der Waals surface area contributed by atoms with Crippen molar-refractivity contribution in [2.45, 2.75) is 24.8 Å². The van der Waals surface area contributed by atoms with E-state index >= 15 is 0 Å². The molecule has 1 aliphatic heterocycles. The maximum Gasteiger partial charge on any atom is 0.433 e. The van der Waals surface area contributed by atoms with Gasteiger partial charge in [0.05, 0.1) is 0 Å². The first-order valence-corrected chi connectivity index (χ1v) is 5.52. The van der Waals surface area contributed by atoms with Crippen LogP contribution in [-0.4, -0.2) is 17.9 Å². The van der Waals surface area contributed by atoms with E-state index in [2.05, 4.69) is 20.3 Å². The van der Waals surface area contributed by atoms with Gasteiger partial charge in [-0.2, -0.15) is 17.6 Å². The van der Waals surface area contributed by atoms with Crippen molar-refractivity contribution in [2.24, 2.45) is 0 Å². The molecule has 10 heteroatoms. The van der Waals surface area contributed by atoms with E-state index in [0.717, 1.165) is 0 Å². The Balaban J connectivity index is 3.20. The molecular weight excluding hydrogens is 257 g/mol. The molecule has 0 spiro atoms. The van der Waals surface area contributed by atoms with E-state index in [4.69, 9.17) is 0 Å². The monoisotopic (exact) mass is 260 g/mol. The summed E-state index contributed by atoms with van der Waals surface area (Å²) in [5.74, 6) is 0. The van der Waals surface area contributed by atoms with E-state index in [1.807, 2.05) is 0 Å². The Labute approximate surface area is 79.4 Å². The normalized spacial score (nSPS) is 46.2. The Morgan fingerprint density at radius 2 is 1.36 bits per heavy atom. The highest BCUT2D eigenvalue weighted by Crippen LogP contribution is 2.68. The summed E-state index contributed by atoms with van der Waals surface area (Å²) in [5.41, 5.74) is -4.44. The maximum atomic E-state index is 12.8. The summed E-state index contributed by atoms with van der Waals surface area (Å²) in [6, 6.07) is 0. The minimum absolute atomic E-state index is 0.150. The van der Waals surface area contributed by atoms with Crippen LogP contribution in [0, 0.1) is 0 Å². The van der Waals surface area contributed by atoms with Gasteiger partial charge in [0.25, 0.3) is 5.67 Å². The molecule has 0 aromatic rings. The van der Waals surface area contributed by atoms with E-state index in [1.54, 1.807) is 0 Å². The summed E-state index contributed by atoms with van der Waals surface area (Å²) in [4.78, 5) is 0. The summed E-state index contributed by atoms with van der Waals surface area (Å²) < 4.78 is 79.9. The van der Waals surface area contributed by atoms with Gasteiger partial charge in [-0.1, -0.05) is 0 Å². The highest BCUT2D eigenvalue weighted by Gasteiger charge is 2.76. The first kappa shape index (κ1) is 12.2. The van der Waals surface area contributed by atoms with Crippen molar-refractivity contribution in [1.29, 1.82) is 0 Å². The van der Waals surface area contributed by atoms with Crippen molar-refractivity contribution >= 4 is 18.2 Å². The third-order valence-electron chi connectivity index (χ3n) is 1.54. The number of hydrogen-bond acceptors (Lipinski definition) is 3. The third kappa shape index (κ3) is 1.64. The van der Waals surface area contributed by atoms with Gasteiger partial charge < -0.3 is 0 Å². The minimum atomic E-state index is -5.18. The molecule has 1 fully saturated rings. The van der Waals surface area contributed by atoms with Gasteiger partial charge in [-0.05, 0) is 6.92 Å². The number of alkyl halides is 5. The van der Waals surface area contributed by atoms with Crippen LogP contribution in [0.1, 0.15) is 6.92 Å². The zero-order valence-electron chi connectivity index (χ0n) is 6.44. The van der Waals surface area contributed by atoms with Crippen LogP contribution in [0.25, 0.3) is 0 Å². The second-order valence-corrected chi connectivity index (χ2v) is 5.12. The number of hydrogen-bond donors (Lipinski definition) is 0. The molecule has 0 radical (unpaired) electrons. The SMILES string of the molecule is CC1(F)C(F)(F)OP(=O)(Cl)OC1(F)F. The van der Waals surface area contributed by atoms with Crippen molar-refractivity contribution in [2.75, 3.05) is 0 Å². The van der Waals surface area contributed by atoms with Gasteiger partial charge in [-0.3, -0.25) is 0 Å². The van der Waals surface area contributed by atoms with Gasteiger partial charge in [-0.15, -0.1) is 0 Å². The van der Waals surface area contributed by atoms with Crippen LogP contribution in [-0.2, 0) is 13.6 Å². The van der Waals surface area contributed by atoms with Crippen LogP contribution < -0.4 is 0 Å². The number of rotatable bonds is 0. The van der Waals surface area contributed by atoms with Gasteiger partial charge in [0.2, 0.25) is 0 Å². The van der Waals surface area contributed by atoms with Crippen molar-refractivity contribution in [3.8, 4) is 0 Å². The van der Waals surface area contributed by atoms with Gasteiger partial charge >= 0.3 is 19.2 Å². The van der Waals surface area contributed by atoms with Gasteiger partial charge in [0.15, 0.2) is 0 Å². The fraction of sp³-hybridized carbons (Fsp3) is 1.00. The average Bonchev–Trinajstić information content (AvgIpc) is 1.77. The van der Waals surface area contributed by atoms with Crippen molar-refractivity contribution < 1.29 is 35.6 Å². The van der Waals surface area contributed by atoms with E-state index in [1.165, 1.54) is 0 Å². The second kappa shape index (κ2) is 2.81. The number of halogens is 6. The molecule has 0 aromatic heterocycles. The first-order chi connectivity index (χ1) is 5.91. The highest BCUT2D eigenvalue weighted by atomic mass is 35.7. The molecule has 0 aromatic carbocycles. The predicted octanol–water partition coefficient (Wildman–Crippen LogP) is 3.29. The first-order valence-electron chi connectivity index (χ1n) is 3.07. The molecular formula is C4H3ClF5O3P. The van der Waals surface area contributed by atoms with Gasteiger partial charge in [-0.25, -0.2) is 18.0 Å². The molecule has 0 bridgehead atoms. The Morgan fingerprint density at radius 3 is 1.64 bits per heavy atom. The molecule has 1 rings (SSSR count). The lowest BCUT2D eigenvalue weighted by Crippen LogP contribution is -2.59. The fourth-order valence-corrected chi connectivity index (χ4v) is 2.08. The summed E-state index contributed by atoms with van der Waals surface area (Å²) in [7, 11) is 0. The van der Waals surface area contributed by atoms with Crippen LogP contribution in [0.5, 0.6) is 0 Å². The molecule has 0 atom stereocenters.